The minimum atomic E-state index is -0.307. The van der Waals surface area contributed by atoms with Crippen LogP contribution in [0.25, 0.3) is 10.9 Å². The maximum absolute atomic E-state index is 12.3. The molecular formula is C18H19N3O2S. The molecule has 0 atom stereocenters. The summed E-state index contributed by atoms with van der Waals surface area (Å²) in [7, 11) is 1.89. The number of benzene rings is 1. The number of hydrogen-bond acceptors (Lipinski definition) is 3. The van der Waals surface area contributed by atoms with Crippen LogP contribution in [0.4, 0.5) is 0 Å². The van der Waals surface area contributed by atoms with E-state index in [-0.39, 0.29) is 11.8 Å². The third kappa shape index (κ3) is 3.65. The summed E-state index contributed by atoms with van der Waals surface area (Å²) in [6, 6.07) is 11.7. The molecule has 0 spiro atoms. The zero-order chi connectivity index (χ0) is 16.9. The first-order chi connectivity index (χ1) is 11.6. The van der Waals surface area contributed by atoms with E-state index < -0.39 is 0 Å². The number of amides is 2. The van der Waals surface area contributed by atoms with Gasteiger partial charge in [0.25, 0.3) is 5.91 Å². The topological polar surface area (TPSA) is 63.1 Å². The van der Waals surface area contributed by atoms with Crippen LogP contribution < -0.4 is 10.9 Å². The molecule has 3 aromatic rings. The first kappa shape index (κ1) is 16.3. The monoisotopic (exact) mass is 341 g/mol. The van der Waals surface area contributed by atoms with E-state index in [4.69, 9.17) is 0 Å². The summed E-state index contributed by atoms with van der Waals surface area (Å²) < 4.78 is 1.90. The van der Waals surface area contributed by atoms with Crippen molar-refractivity contribution in [3.8, 4) is 0 Å². The second kappa shape index (κ2) is 7.31. The molecule has 0 aliphatic carbocycles. The molecule has 3 rings (SSSR count). The van der Waals surface area contributed by atoms with Crippen LogP contribution in [0.15, 0.2) is 48.0 Å². The number of hydrogen-bond donors (Lipinski definition) is 2. The van der Waals surface area contributed by atoms with Crippen molar-refractivity contribution < 1.29 is 9.59 Å². The van der Waals surface area contributed by atoms with Crippen LogP contribution in [0.2, 0.25) is 0 Å². The molecule has 0 aliphatic heterocycles. The number of thiophene rings is 1. The Morgan fingerprint density at radius 1 is 1.12 bits per heavy atom. The second-order valence-corrected chi connectivity index (χ2v) is 6.64. The number of nitrogens with zero attached hydrogens (tertiary/aromatic N) is 1. The fourth-order valence-electron chi connectivity index (χ4n) is 2.66. The second-order valence-electron chi connectivity index (χ2n) is 5.61. The Balaban J connectivity index is 1.52. The number of fused-ring (bicyclic) bond motifs is 1. The predicted molar refractivity (Wildman–Crippen MR) is 95.8 cm³/mol. The standard InChI is InChI=1S/C18H19N3O2S/c1-21-12-15(14-8-2-3-9-16(14)21)18(23)20-19-17(22)10-4-6-13-7-5-11-24-13/h2-3,5,7-9,11-12H,4,6,10H2,1H3,(H,19,22)(H,20,23). The predicted octanol–water partition coefficient (Wildman–Crippen LogP) is 3.02. The fourth-order valence-corrected chi connectivity index (χ4v) is 3.41. The van der Waals surface area contributed by atoms with Gasteiger partial charge in [0.05, 0.1) is 5.56 Å². The van der Waals surface area contributed by atoms with Crippen molar-refractivity contribution in [3.63, 3.8) is 0 Å². The van der Waals surface area contributed by atoms with Gasteiger partial charge in [0.2, 0.25) is 5.91 Å². The van der Waals surface area contributed by atoms with Crippen LogP contribution >= 0.6 is 11.3 Å². The molecule has 5 nitrogen and oxygen atoms in total. The number of nitrogens with one attached hydrogen (secondary N) is 2. The zero-order valence-electron chi connectivity index (χ0n) is 13.4. The molecule has 24 heavy (non-hydrogen) atoms. The van der Waals surface area contributed by atoms with Crippen molar-refractivity contribution in [1.82, 2.24) is 15.4 Å². The van der Waals surface area contributed by atoms with Crippen molar-refractivity contribution >= 4 is 34.1 Å². The third-order valence-electron chi connectivity index (χ3n) is 3.86. The Labute approximate surface area is 144 Å². The van der Waals surface area contributed by atoms with Crippen molar-refractivity contribution in [1.29, 1.82) is 0 Å². The van der Waals surface area contributed by atoms with E-state index in [1.165, 1.54) is 4.88 Å². The molecule has 0 fully saturated rings. The lowest BCUT2D eigenvalue weighted by Gasteiger charge is -2.06. The van der Waals surface area contributed by atoms with Gasteiger partial charge in [0.1, 0.15) is 0 Å². The van der Waals surface area contributed by atoms with Crippen molar-refractivity contribution in [2.24, 2.45) is 7.05 Å². The largest absolute Gasteiger partial charge is 0.350 e. The molecular weight excluding hydrogens is 322 g/mol. The van der Waals surface area contributed by atoms with E-state index in [0.717, 1.165) is 23.7 Å². The minimum Gasteiger partial charge on any atom is -0.350 e. The number of carbonyl (C=O) groups is 2. The highest BCUT2D eigenvalue weighted by Crippen LogP contribution is 2.19. The molecule has 0 unspecified atom stereocenters. The maximum atomic E-state index is 12.3. The fraction of sp³-hybridized carbons (Fsp3) is 0.222. The number of hydrazine groups is 1. The van der Waals surface area contributed by atoms with E-state index >= 15 is 0 Å². The van der Waals surface area contributed by atoms with Gasteiger partial charge in [-0.25, -0.2) is 0 Å². The van der Waals surface area contributed by atoms with Gasteiger partial charge in [-0.1, -0.05) is 24.3 Å². The highest BCUT2D eigenvalue weighted by molar-refractivity contribution is 7.09. The third-order valence-corrected chi connectivity index (χ3v) is 4.80. The molecule has 0 saturated carbocycles. The van der Waals surface area contributed by atoms with Crippen LogP contribution in [0.1, 0.15) is 28.1 Å². The molecule has 0 saturated heterocycles. The maximum Gasteiger partial charge on any atom is 0.271 e. The van der Waals surface area contributed by atoms with Gasteiger partial charge < -0.3 is 4.57 Å². The minimum absolute atomic E-state index is 0.180. The van der Waals surface area contributed by atoms with Crippen LogP contribution in [0, 0.1) is 0 Å². The van der Waals surface area contributed by atoms with E-state index in [1.807, 2.05) is 47.3 Å². The number of para-hydroxylation sites is 1. The van der Waals surface area contributed by atoms with E-state index in [9.17, 15) is 9.59 Å². The average molecular weight is 341 g/mol. The Hall–Kier alpha value is -2.60. The molecule has 2 N–H and O–H groups in total. The SMILES string of the molecule is Cn1cc(C(=O)NNC(=O)CCCc2cccs2)c2ccccc21. The molecule has 0 aliphatic rings. The van der Waals surface area contributed by atoms with Gasteiger partial charge in [-0.15, -0.1) is 11.3 Å². The van der Waals surface area contributed by atoms with Crippen LogP contribution in [0.3, 0.4) is 0 Å². The first-order valence-corrected chi connectivity index (χ1v) is 8.69. The Morgan fingerprint density at radius 3 is 2.75 bits per heavy atom. The van der Waals surface area contributed by atoms with Gasteiger partial charge >= 0.3 is 0 Å². The molecule has 2 aromatic heterocycles. The van der Waals surface area contributed by atoms with Crippen LogP contribution in [-0.2, 0) is 18.3 Å². The number of aryl methyl sites for hydroxylation is 2. The van der Waals surface area contributed by atoms with Crippen molar-refractivity contribution in [2.75, 3.05) is 0 Å². The summed E-state index contributed by atoms with van der Waals surface area (Å²) in [5.41, 5.74) is 6.51. The van der Waals surface area contributed by atoms with Crippen LogP contribution in [-0.4, -0.2) is 16.4 Å². The highest BCUT2D eigenvalue weighted by atomic mass is 32.1. The molecule has 6 heteroatoms. The summed E-state index contributed by atoms with van der Waals surface area (Å²) >= 11 is 1.69. The molecule has 0 radical (unpaired) electrons. The quantitative estimate of drug-likeness (QED) is 0.701. The Kier molecular flexibility index (Phi) is 4.96. The van der Waals surface area contributed by atoms with Crippen molar-refractivity contribution in [2.45, 2.75) is 19.3 Å². The van der Waals surface area contributed by atoms with Crippen molar-refractivity contribution in [3.05, 3.63) is 58.4 Å². The summed E-state index contributed by atoms with van der Waals surface area (Å²) in [4.78, 5) is 25.4. The van der Waals surface area contributed by atoms with Crippen LogP contribution in [0.5, 0.6) is 0 Å². The summed E-state index contributed by atoms with van der Waals surface area (Å²) in [5.74, 6) is -0.487. The molecule has 1 aromatic carbocycles. The van der Waals surface area contributed by atoms with Gasteiger partial charge in [0, 0.05) is 35.4 Å². The Morgan fingerprint density at radius 2 is 1.96 bits per heavy atom. The van der Waals surface area contributed by atoms with Gasteiger partial charge in [-0.2, -0.15) is 0 Å². The lowest BCUT2D eigenvalue weighted by molar-refractivity contribution is -0.121. The molecule has 2 heterocycles. The number of rotatable bonds is 5. The summed E-state index contributed by atoms with van der Waals surface area (Å²) in [6.07, 6.45) is 3.79. The molecule has 124 valence electrons. The summed E-state index contributed by atoms with van der Waals surface area (Å²) in [6.45, 7) is 0. The van der Waals surface area contributed by atoms with E-state index in [1.54, 1.807) is 17.5 Å². The average Bonchev–Trinajstić information content (AvgIpc) is 3.21. The first-order valence-electron chi connectivity index (χ1n) is 7.81. The molecule has 0 bridgehead atoms. The lowest BCUT2D eigenvalue weighted by atomic mass is 10.2. The summed E-state index contributed by atoms with van der Waals surface area (Å²) in [5, 5.41) is 2.89. The smallest absolute Gasteiger partial charge is 0.271 e. The highest BCUT2D eigenvalue weighted by Gasteiger charge is 2.14. The molecule has 2 amide bonds. The van der Waals surface area contributed by atoms with Gasteiger partial charge in [-0.05, 0) is 30.4 Å². The van der Waals surface area contributed by atoms with Gasteiger partial charge in [0.15, 0.2) is 0 Å². The normalized spacial score (nSPS) is 10.7. The van der Waals surface area contributed by atoms with E-state index in [2.05, 4.69) is 16.9 Å². The van der Waals surface area contributed by atoms with Gasteiger partial charge in [-0.3, -0.25) is 20.4 Å². The number of carbonyl (C=O) groups excluding carboxylic acids is 2. The van der Waals surface area contributed by atoms with E-state index in [0.29, 0.717) is 12.0 Å². The number of aromatic nitrogens is 1. The Bertz CT molecular complexity index is 852. The zero-order valence-corrected chi connectivity index (χ0v) is 14.2. The lowest BCUT2D eigenvalue weighted by Crippen LogP contribution is -2.41.